The number of ether oxygens (including phenoxy) is 1. The molecule has 0 bridgehead atoms. The third-order valence-electron chi connectivity index (χ3n) is 6.79. The lowest BCUT2D eigenvalue weighted by atomic mass is 9.78. The van der Waals surface area contributed by atoms with Gasteiger partial charge in [0.25, 0.3) is 0 Å². The predicted octanol–water partition coefficient (Wildman–Crippen LogP) is 6.76. The molecule has 0 spiro atoms. The van der Waals surface area contributed by atoms with Crippen molar-refractivity contribution in [1.29, 1.82) is 0 Å². The Kier molecular flexibility index (Phi) is 7.28. The van der Waals surface area contributed by atoms with Crippen molar-refractivity contribution in [2.24, 2.45) is 5.92 Å². The van der Waals surface area contributed by atoms with Crippen LogP contribution < -0.4 is 9.64 Å². The maximum absolute atomic E-state index is 13.5. The molecular formula is C31H27F2NO3. The van der Waals surface area contributed by atoms with E-state index in [0.29, 0.717) is 30.7 Å². The van der Waals surface area contributed by atoms with E-state index in [2.05, 4.69) is 0 Å². The van der Waals surface area contributed by atoms with Crippen LogP contribution in [0.5, 0.6) is 5.75 Å². The molecule has 1 fully saturated rings. The molecule has 5 rings (SSSR count). The molecule has 3 atom stereocenters. The number of nitrogens with zero attached hydrogens (tertiary/aromatic N) is 1. The molecule has 0 saturated carbocycles. The van der Waals surface area contributed by atoms with E-state index in [0.717, 1.165) is 16.9 Å². The Bertz CT molecular complexity index is 1330. The number of aliphatic hydroxyl groups is 1. The van der Waals surface area contributed by atoms with Crippen molar-refractivity contribution in [1.82, 2.24) is 0 Å². The summed E-state index contributed by atoms with van der Waals surface area (Å²) in [6, 6.07) is 28.9. The topological polar surface area (TPSA) is 49.8 Å². The molecule has 1 saturated heterocycles. The zero-order valence-corrected chi connectivity index (χ0v) is 20.1. The fraction of sp³-hybridized carbons (Fsp3) is 0.194. The fourth-order valence-electron chi connectivity index (χ4n) is 4.79. The summed E-state index contributed by atoms with van der Waals surface area (Å²) in [5.74, 6) is -0.443. The zero-order valence-electron chi connectivity index (χ0n) is 20.1. The average molecular weight is 500 g/mol. The zero-order chi connectivity index (χ0) is 25.8. The number of amides is 1. The molecule has 4 nitrogen and oxygen atoms in total. The van der Waals surface area contributed by atoms with E-state index in [9.17, 15) is 18.7 Å². The number of carbonyl (C=O) groups excluding carboxylic acids is 1. The highest BCUT2D eigenvalue weighted by Crippen LogP contribution is 2.46. The Hall–Kier alpha value is -4.03. The van der Waals surface area contributed by atoms with Crippen LogP contribution in [-0.4, -0.2) is 11.0 Å². The fourth-order valence-corrected chi connectivity index (χ4v) is 4.79. The van der Waals surface area contributed by atoms with E-state index in [1.54, 1.807) is 29.2 Å². The molecule has 6 heteroatoms. The third-order valence-corrected chi connectivity index (χ3v) is 6.79. The van der Waals surface area contributed by atoms with Crippen LogP contribution in [0.4, 0.5) is 14.5 Å². The molecule has 1 heterocycles. The van der Waals surface area contributed by atoms with Gasteiger partial charge in [-0.2, -0.15) is 0 Å². The lowest BCUT2D eigenvalue weighted by Gasteiger charge is -2.48. The van der Waals surface area contributed by atoms with Crippen molar-refractivity contribution in [3.63, 3.8) is 0 Å². The summed E-state index contributed by atoms with van der Waals surface area (Å²) in [4.78, 5) is 14.9. The maximum Gasteiger partial charge on any atom is 0.233 e. The first-order chi connectivity index (χ1) is 18.0. The van der Waals surface area contributed by atoms with Crippen LogP contribution in [0.15, 0.2) is 103 Å². The van der Waals surface area contributed by atoms with Gasteiger partial charge in [0.2, 0.25) is 5.91 Å². The van der Waals surface area contributed by atoms with Gasteiger partial charge in [0.1, 0.15) is 24.0 Å². The van der Waals surface area contributed by atoms with Crippen molar-refractivity contribution in [3.05, 3.63) is 131 Å². The molecule has 37 heavy (non-hydrogen) atoms. The number of hydrogen-bond acceptors (Lipinski definition) is 3. The first-order valence-corrected chi connectivity index (χ1v) is 12.3. The average Bonchev–Trinajstić information content (AvgIpc) is 2.93. The van der Waals surface area contributed by atoms with Crippen LogP contribution in [0.3, 0.4) is 0 Å². The smallest absolute Gasteiger partial charge is 0.233 e. The molecule has 4 aromatic carbocycles. The second-order valence-corrected chi connectivity index (χ2v) is 9.22. The Labute approximate surface area is 214 Å². The number of aliphatic hydroxyl groups excluding tert-OH is 1. The number of rotatable bonds is 9. The minimum atomic E-state index is -0.803. The molecular weight excluding hydrogens is 472 g/mol. The van der Waals surface area contributed by atoms with Gasteiger partial charge in [0.05, 0.1) is 18.1 Å². The van der Waals surface area contributed by atoms with Gasteiger partial charge in [-0.1, -0.05) is 54.6 Å². The van der Waals surface area contributed by atoms with E-state index in [1.807, 2.05) is 54.6 Å². The minimum Gasteiger partial charge on any atom is -0.489 e. The van der Waals surface area contributed by atoms with Crippen LogP contribution in [0.25, 0.3) is 0 Å². The highest BCUT2D eigenvalue weighted by molar-refractivity contribution is 6.03. The highest BCUT2D eigenvalue weighted by Gasteiger charge is 2.48. The molecule has 4 aromatic rings. The van der Waals surface area contributed by atoms with E-state index in [-0.39, 0.29) is 29.5 Å². The van der Waals surface area contributed by atoms with Gasteiger partial charge in [-0.25, -0.2) is 8.78 Å². The SMILES string of the molecule is O=C1[C@@H](CC[C@H](O)c2ccc(F)cc2)[C@H](c2ccc(OCc3ccccc3)cc2)N1c1ccc(F)cc1. The van der Waals surface area contributed by atoms with E-state index >= 15 is 0 Å². The van der Waals surface area contributed by atoms with Gasteiger partial charge in [0.15, 0.2) is 0 Å². The van der Waals surface area contributed by atoms with Crippen LogP contribution in [0.1, 0.15) is 41.7 Å². The molecule has 0 unspecified atom stereocenters. The second-order valence-electron chi connectivity index (χ2n) is 9.22. The van der Waals surface area contributed by atoms with Gasteiger partial charge in [0, 0.05) is 5.69 Å². The molecule has 0 radical (unpaired) electrons. The minimum absolute atomic E-state index is 0.0766. The van der Waals surface area contributed by atoms with Crippen LogP contribution in [0, 0.1) is 17.6 Å². The number of halogens is 2. The van der Waals surface area contributed by atoms with Crippen molar-refractivity contribution in [2.75, 3.05) is 4.90 Å². The molecule has 188 valence electrons. The summed E-state index contributed by atoms with van der Waals surface area (Å²) in [5, 5.41) is 10.6. The van der Waals surface area contributed by atoms with E-state index in [4.69, 9.17) is 4.74 Å². The maximum atomic E-state index is 13.5. The number of carbonyl (C=O) groups is 1. The summed E-state index contributed by atoms with van der Waals surface area (Å²) in [5.41, 5.74) is 3.23. The summed E-state index contributed by atoms with van der Waals surface area (Å²) in [6.07, 6.45) is 0.00255. The molecule has 0 aliphatic carbocycles. The molecule has 1 amide bonds. The number of hydrogen-bond donors (Lipinski definition) is 1. The normalized spacial score (nSPS) is 17.8. The van der Waals surface area contributed by atoms with Crippen LogP contribution in [-0.2, 0) is 11.4 Å². The Morgan fingerprint density at radius 1 is 0.811 bits per heavy atom. The van der Waals surface area contributed by atoms with Crippen molar-refractivity contribution >= 4 is 11.6 Å². The summed E-state index contributed by atoms with van der Waals surface area (Å²) in [7, 11) is 0. The van der Waals surface area contributed by atoms with Gasteiger partial charge >= 0.3 is 0 Å². The van der Waals surface area contributed by atoms with E-state index in [1.165, 1.54) is 24.3 Å². The van der Waals surface area contributed by atoms with Crippen LogP contribution >= 0.6 is 0 Å². The van der Waals surface area contributed by atoms with Crippen LogP contribution in [0.2, 0.25) is 0 Å². The first kappa shape index (κ1) is 24.7. The number of anilines is 1. The monoisotopic (exact) mass is 499 g/mol. The first-order valence-electron chi connectivity index (χ1n) is 12.3. The Morgan fingerprint density at radius 2 is 1.43 bits per heavy atom. The Balaban J connectivity index is 1.32. The van der Waals surface area contributed by atoms with Gasteiger partial charge < -0.3 is 14.7 Å². The number of benzene rings is 4. The highest BCUT2D eigenvalue weighted by atomic mass is 19.1. The molecule has 1 N–H and O–H groups in total. The summed E-state index contributed by atoms with van der Waals surface area (Å²) < 4.78 is 32.7. The van der Waals surface area contributed by atoms with Crippen molar-refractivity contribution in [3.8, 4) is 5.75 Å². The van der Waals surface area contributed by atoms with Crippen molar-refractivity contribution < 1.29 is 23.4 Å². The predicted molar refractivity (Wildman–Crippen MR) is 138 cm³/mol. The van der Waals surface area contributed by atoms with Gasteiger partial charge in [-0.05, 0) is 78.1 Å². The molecule has 0 aromatic heterocycles. The Morgan fingerprint density at radius 3 is 2.08 bits per heavy atom. The standard InChI is InChI=1S/C31H27F2NO3/c32-24-10-6-22(7-11-24)29(35)19-18-28-30(34(31(28)36)26-14-12-25(33)13-15-26)23-8-16-27(17-9-23)37-20-21-4-2-1-3-5-21/h1-17,28-30,35H,18-20H2/t28-,29-,30-/m0/s1. The second kappa shape index (κ2) is 10.9. The van der Waals surface area contributed by atoms with Crippen molar-refractivity contribution in [2.45, 2.75) is 31.6 Å². The summed E-state index contributed by atoms with van der Waals surface area (Å²) >= 11 is 0. The molecule has 1 aliphatic rings. The van der Waals surface area contributed by atoms with Gasteiger partial charge in [-0.15, -0.1) is 0 Å². The molecule has 1 aliphatic heterocycles. The number of β-lactam (4-membered cyclic amide) rings is 1. The van der Waals surface area contributed by atoms with E-state index < -0.39 is 6.10 Å². The summed E-state index contributed by atoms with van der Waals surface area (Å²) in [6.45, 7) is 0.452. The van der Waals surface area contributed by atoms with Gasteiger partial charge in [-0.3, -0.25) is 4.79 Å². The lowest BCUT2D eigenvalue weighted by molar-refractivity contribution is -0.131. The lowest BCUT2D eigenvalue weighted by Crippen LogP contribution is -2.55. The largest absolute Gasteiger partial charge is 0.489 e. The third kappa shape index (κ3) is 5.54. The quantitative estimate of drug-likeness (QED) is 0.259.